The molecule has 144 valence electrons. The van der Waals surface area contributed by atoms with E-state index in [0.29, 0.717) is 48.5 Å². The molecule has 2 aromatic heterocycles. The average molecular weight is 369 g/mol. The number of fused-ring (bicyclic) bond motifs is 1. The van der Waals surface area contributed by atoms with Crippen LogP contribution in [0.4, 0.5) is 0 Å². The first-order valence-corrected chi connectivity index (χ1v) is 9.84. The van der Waals surface area contributed by atoms with E-state index < -0.39 is 0 Å². The minimum Gasteiger partial charge on any atom is -0.337 e. The lowest BCUT2D eigenvalue weighted by Gasteiger charge is -2.34. The first-order chi connectivity index (χ1) is 13.0. The molecule has 1 aliphatic carbocycles. The molecule has 1 saturated heterocycles. The smallest absolute Gasteiger partial charge is 0.272 e. The fraction of sp³-hybridized carbons (Fsp3) is 0.600. The number of aryl methyl sites for hydroxylation is 1. The van der Waals surface area contributed by atoms with Gasteiger partial charge in [0.1, 0.15) is 5.69 Å². The van der Waals surface area contributed by atoms with E-state index in [-0.39, 0.29) is 17.9 Å². The Balaban J connectivity index is 1.63. The number of hydrogen-bond acceptors (Lipinski definition) is 4. The monoisotopic (exact) mass is 369 g/mol. The zero-order valence-corrected chi connectivity index (χ0v) is 16.3. The van der Waals surface area contributed by atoms with Crippen molar-refractivity contribution in [1.82, 2.24) is 24.2 Å². The molecule has 0 bridgehead atoms. The van der Waals surface area contributed by atoms with E-state index in [1.54, 1.807) is 16.7 Å². The van der Waals surface area contributed by atoms with Gasteiger partial charge in [-0.15, -0.1) is 0 Å². The molecule has 2 aliphatic rings. The highest BCUT2D eigenvalue weighted by atomic mass is 16.2. The van der Waals surface area contributed by atoms with Crippen LogP contribution in [0.25, 0.3) is 5.78 Å². The largest absolute Gasteiger partial charge is 0.337 e. The van der Waals surface area contributed by atoms with Crippen LogP contribution in [0.3, 0.4) is 0 Å². The molecule has 2 fully saturated rings. The van der Waals surface area contributed by atoms with Crippen LogP contribution in [-0.4, -0.2) is 61.7 Å². The van der Waals surface area contributed by atoms with Crippen molar-refractivity contribution in [2.75, 3.05) is 19.6 Å². The van der Waals surface area contributed by atoms with E-state index in [0.717, 1.165) is 6.54 Å². The summed E-state index contributed by atoms with van der Waals surface area (Å²) in [5, 5.41) is 0. The van der Waals surface area contributed by atoms with Gasteiger partial charge < -0.3 is 9.80 Å². The molecule has 0 radical (unpaired) electrons. The summed E-state index contributed by atoms with van der Waals surface area (Å²) in [6.45, 7) is 7.97. The van der Waals surface area contributed by atoms with Crippen LogP contribution >= 0.6 is 0 Å². The molecule has 3 heterocycles. The molecule has 0 unspecified atom stereocenters. The molecule has 0 N–H and O–H groups in total. The Bertz CT molecular complexity index is 870. The molecule has 1 atom stereocenters. The number of imidazole rings is 1. The molecule has 1 aliphatic heterocycles. The predicted octanol–water partition coefficient (Wildman–Crippen LogP) is 2.15. The van der Waals surface area contributed by atoms with Crippen molar-refractivity contribution in [3.8, 4) is 0 Å². The van der Waals surface area contributed by atoms with Crippen molar-refractivity contribution in [3.05, 3.63) is 29.8 Å². The van der Waals surface area contributed by atoms with Gasteiger partial charge in [0.05, 0.1) is 11.7 Å². The highest BCUT2D eigenvalue weighted by molar-refractivity contribution is 5.95. The van der Waals surface area contributed by atoms with Crippen molar-refractivity contribution < 1.29 is 9.59 Å². The molecule has 7 nitrogen and oxygen atoms in total. The molecule has 2 aromatic rings. The first-order valence-electron chi connectivity index (χ1n) is 9.84. The van der Waals surface area contributed by atoms with Gasteiger partial charge in [-0.3, -0.25) is 14.0 Å². The summed E-state index contributed by atoms with van der Waals surface area (Å²) >= 11 is 0. The van der Waals surface area contributed by atoms with E-state index in [1.165, 1.54) is 12.8 Å². The van der Waals surface area contributed by atoms with E-state index in [4.69, 9.17) is 0 Å². The molecule has 4 rings (SSSR count). The van der Waals surface area contributed by atoms with Gasteiger partial charge in [-0.1, -0.05) is 13.8 Å². The lowest BCUT2D eigenvalue weighted by Crippen LogP contribution is -2.48. The minimum atomic E-state index is -0.0697. The van der Waals surface area contributed by atoms with Crippen LogP contribution in [0.5, 0.6) is 0 Å². The number of aromatic nitrogens is 3. The van der Waals surface area contributed by atoms with Gasteiger partial charge in [-0.05, 0) is 37.7 Å². The Morgan fingerprint density at radius 3 is 2.81 bits per heavy atom. The summed E-state index contributed by atoms with van der Waals surface area (Å²) in [6.07, 6.45) is 6.30. The topological polar surface area (TPSA) is 70.8 Å². The number of carbonyl (C=O) groups is 2. The Labute approximate surface area is 159 Å². The molecule has 0 spiro atoms. The van der Waals surface area contributed by atoms with Gasteiger partial charge in [0.2, 0.25) is 11.7 Å². The standard InChI is InChI=1S/C20H27N5O2/c1-13(2)16-12-23(10-7-17(26)25(16)11-15-5-6-15)19(27)18-14(3)22-20-21-8-4-9-24(18)20/h4,8-9,13,15-16H,5-7,10-12H2,1-3H3/t16-/m1/s1. The van der Waals surface area contributed by atoms with Gasteiger partial charge in [-0.2, -0.15) is 0 Å². The van der Waals surface area contributed by atoms with E-state index in [1.807, 2.05) is 22.9 Å². The Morgan fingerprint density at radius 2 is 2.11 bits per heavy atom. The summed E-state index contributed by atoms with van der Waals surface area (Å²) in [5.74, 6) is 1.57. The summed E-state index contributed by atoms with van der Waals surface area (Å²) < 4.78 is 1.75. The maximum atomic E-state index is 13.4. The molecule has 1 saturated carbocycles. The van der Waals surface area contributed by atoms with Crippen molar-refractivity contribution in [3.63, 3.8) is 0 Å². The highest BCUT2D eigenvalue weighted by Gasteiger charge is 2.37. The maximum absolute atomic E-state index is 13.4. The highest BCUT2D eigenvalue weighted by Crippen LogP contribution is 2.32. The quantitative estimate of drug-likeness (QED) is 0.828. The van der Waals surface area contributed by atoms with E-state index >= 15 is 0 Å². The van der Waals surface area contributed by atoms with Crippen molar-refractivity contribution in [2.45, 2.75) is 46.1 Å². The fourth-order valence-electron chi connectivity index (χ4n) is 3.95. The number of amides is 2. The third-order valence-corrected chi connectivity index (χ3v) is 5.71. The second kappa shape index (κ2) is 6.94. The van der Waals surface area contributed by atoms with Crippen molar-refractivity contribution in [1.29, 1.82) is 0 Å². The summed E-state index contributed by atoms with van der Waals surface area (Å²) in [6, 6.07) is 1.85. The Hall–Kier alpha value is -2.44. The zero-order chi connectivity index (χ0) is 19.1. The van der Waals surface area contributed by atoms with Crippen molar-refractivity contribution >= 4 is 17.6 Å². The van der Waals surface area contributed by atoms with Crippen LogP contribution in [0.15, 0.2) is 18.5 Å². The average Bonchev–Trinajstić information content (AvgIpc) is 3.41. The van der Waals surface area contributed by atoms with Crippen molar-refractivity contribution in [2.24, 2.45) is 11.8 Å². The minimum absolute atomic E-state index is 0.0576. The molecule has 2 amide bonds. The third kappa shape index (κ3) is 3.42. The summed E-state index contributed by atoms with van der Waals surface area (Å²) in [4.78, 5) is 38.7. The van der Waals surface area contributed by atoms with E-state index in [9.17, 15) is 9.59 Å². The molecule has 7 heteroatoms. The Morgan fingerprint density at radius 1 is 1.33 bits per heavy atom. The van der Waals surface area contributed by atoms with Gasteiger partial charge in [-0.25, -0.2) is 9.97 Å². The third-order valence-electron chi connectivity index (χ3n) is 5.71. The second-order valence-electron chi connectivity index (χ2n) is 8.14. The predicted molar refractivity (Wildman–Crippen MR) is 101 cm³/mol. The SMILES string of the molecule is Cc1nc2ncccn2c1C(=O)N1CCC(=O)N(CC2CC2)[C@@H](C(C)C)C1. The number of hydrogen-bond donors (Lipinski definition) is 0. The molecule has 0 aromatic carbocycles. The molecular formula is C20H27N5O2. The molecular weight excluding hydrogens is 342 g/mol. The van der Waals surface area contributed by atoms with Crippen LogP contribution in [0, 0.1) is 18.8 Å². The lowest BCUT2D eigenvalue weighted by atomic mass is 10.0. The maximum Gasteiger partial charge on any atom is 0.272 e. The zero-order valence-electron chi connectivity index (χ0n) is 16.3. The van der Waals surface area contributed by atoms with Crippen LogP contribution in [0.1, 0.15) is 49.3 Å². The van der Waals surface area contributed by atoms with Crippen LogP contribution < -0.4 is 0 Å². The fourth-order valence-corrected chi connectivity index (χ4v) is 3.95. The normalized spacial score (nSPS) is 21.2. The van der Waals surface area contributed by atoms with Gasteiger partial charge in [0.15, 0.2) is 0 Å². The number of carbonyl (C=O) groups excluding carboxylic acids is 2. The lowest BCUT2D eigenvalue weighted by molar-refractivity contribution is -0.133. The Kier molecular flexibility index (Phi) is 4.61. The van der Waals surface area contributed by atoms with Gasteiger partial charge in [0.25, 0.3) is 5.91 Å². The first kappa shape index (κ1) is 17.9. The molecule has 27 heavy (non-hydrogen) atoms. The summed E-state index contributed by atoms with van der Waals surface area (Å²) in [7, 11) is 0. The van der Waals surface area contributed by atoms with Gasteiger partial charge >= 0.3 is 0 Å². The second-order valence-corrected chi connectivity index (χ2v) is 8.14. The van der Waals surface area contributed by atoms with Crippen LogP contribution in [0.2, 0.25) is 0 Å². The van der Waals surface area contributed by atoms with Gasteiger partial charge in [0, 0.05) is 38.4 Å². The van der Waals surface area contributed by atoms with Crippen LogP contribution in [-0.2, 0) is 4.79 Å². The number of nitrogens with zero attached hydrogens (tertiary/aromatic N) is 5. The van der Waals surface area contributed by atoms with E-state index in [2.05, 4.69) is 23.8 Å². The summed E-state index contributed by atoms with van der Waals surface area (Å²) in [5.41, 5.74) is 1.22. The number of rotatable bonds is 4.